The van der Waals surface area contributed by atoms with Gasteiger partial charge in [-0.3, -0.25) is 10.8 Å². The fraction of sp³-hybridized carbons (Fsp3) is 0.375. The summed E-state index contributed by atoms with van der Waals surface area (Å²) in [5.74, 6) is -0.476. The summed E-state index contributed by atoms with van der Waals surface area (Å²) in [4.78, 5) is 13.3. The Morgan fingerprint density at radius 1 is 1.32 bits per heavy atom. The standard InChI is InChI=1S/C16H21N7O4S/c1-2-27-16(24)22-7-9-23(10-8-22)28(25,26)13-5-3-12(4-6-13)20-21-14(11-17)15(18)19/h3-6,20H,2,7-10H2,1H3,(H3,18,19)/b21-14+. The van der Waals surface area contributed by atoms with Crippen molar-refractivity contribution in [2.45, 2.75) is 11.8 Å². The lowest BCUT2D eigenvalue weighted by molar-refractivity contribution is 0.0934. The molecule has 2 rings (SSSR count). The van der Waals surface area contributed by atoms with Gasteiger partial charge in [-0.1, -0.05) is 0 Å². The lowest BCUT2D eigenvalue weighted by Gasteiger charge is -2.33. The number of carbonyl (C=O) groups is 1. The molecular formula is C16H21N7O4S. The summed E-state index contributed by atoms with van der Waals surface area (Å²) in [6, 6.07) is 7.46. The van der Waals surface area contributed by atoms with E-state index >= 15 is 0 Å². The molecule has 0 unspecified atom stereocenters. The fourth-order valence-corrected chi connectivity index (χ4v) is 3.86. The molecule has 0 bridgehead atoms. The first-order valence-corrected chi connectivity index (χ1v) is 9.83. The number of sulfonamides is 1. The number of nitrogens with two attached hydrogens (primary N) is 1. The number of ether oxygens (including phenoxy) is 1. The summed E-state index contributed by atoms with van der Waals surface area (Å²) in [6.07, 6.45) is -0.446. The molecule has 1 aliphatic rings. The second-order valence-corrected chi connectivity index (χ2v) is 7.65. The van der Waals surface area contributed by atoms with Gasteiger partial charge in [0, 0.05) is 26.2 Å². The Bertz CT molecular complexity index is 898. The van der Waals surface area contributed by atoms with Gasteiger partial charge in [0.1, 0.15) is 6.07 Å². The zero-order valence-electron chi connectivity index (χ0n) is 15.3. The predicted molar refractivity (Wildman–Crippen MR) is 102 cm³/mol. The van der Waals surface area contributed by atoms with Crippen molar-refractivity contribution in [2.75, 3.05) is 38.2 Å². The third-order valence-electron chi connectivity index (χ3n) is 3.91. The highest BCUT2D eigenvalue weighted by atomic mass is 32.2. The normalized spacial score (nSPS) is 15.6. The van der Waals surface area contributed by atoms with Crippen molar-refractivity contribution in [3.8, 4) is 6.07 Å². The van der Waals surface area contributed by atoms with Gasteiger partial charge in [-0.25, -0.2) is 13.2 Å². The Labute approximate surface area is 162 Å². The van der Waals surface area contributed by atoms with Crippen LogP contribution in [0.2, 0.25) is 0 Å². The Morgan fingerprint density at radius 3 is 2.43 bits per heavy atom. The van der Waals surface area contributed by atoms with Crippen molar-refractivity contribution in [2.24, 2.45) is 10.8 Å². The largest absolute Gasteiger partial charge is 0.450 e. The first-order valence-electron chi connectivity index (χ1n) is 8.39. The van der Waals surface area contributed by atoms with E-state index in [9.17, 15) is 13.2 Å². The van der Waals surface area contributed by atoms with Crippen molar-refractivity contribution >= 4 is 33.4 Å². The Hall–Kier alpha value is -3.17. The number of anilines is 1. The fourth-order valence-electron chi connectivity index (χ4n) is 2.44. The topological polar surface area (TPSA) is 165 Å². The van der Waals surface area contributed by atoms with Crippen LogP contribution < -0.4 is 11.2 Å². The average molecular weight is 407 g/mol. The zero-order chi connectivity index (χ0) is 20.7. The van der Waals surface area contributed by atoms with E-state index in [4.69, 9.17) is 21.1 Å². The minimum Gasteiger partial charge on any atom is -0.450 e. The van der Waals surface area contributed by atoms with Crippen molar-refractivity contribution in [3.05, 3.63) is 24.3 Å². The van der Waals surface area contributed by atoms with Crippen LogP contribution in [0.4, 0.5) is 10.5 Å². The van der Waals surface area contributed by atoms with Gasteiger partial charge in [0.2, 0.25) is 15.7 Å². The molecule has 0 saturated carbocycles. The summed E-state index contributed by atoms with van der Waals surface area (Å²) in [5.41, 5.74) is 7.89. The molecule has 0 aromatic heterocycles. The quantitative estimate of drug-likeness (QED) is 0.348. The number of hydrogen-bond donors (Lipinski definition) is 3. The lowest BCUT2D eigenvalue weighted by atomic mass is 10.3. The van der Waals surface area contributed by atoms with Crippen LogP contribution in [0.15, 0.2) is 34.3 Å². The molecule has 0 spiro atoms. The minimum atomic E-state index is -3.71. The summed E-state index contributed by atoms with van der Waals surface area (Å²) in [5, 5.41) is 19.7. The predicted octanol–water partition coefficient (Wildman–Crippen LogP) is 0.377. The highest BCUT2D eigenvalue weighted by molar-refractivity contribution is 7.89. The number of amidine groups is 1. The van der Waals surface area contributed by atoms with Crippen LogP contribution >= 0.6 is 0 Å². The van der Waals surface area contributed by atoms with E-state index in [1.54, 1.807) is 13.0 Å². The molecule has 1 amide bonds. The van der Waals surface area contributed by atoms with Gasteiger partial charge < -0.3 is 15.4 Å². The zero-order valence-corrected chi connectivity index (χ0v) is 16.1. The minimum absolute atomic E-state index is 0.0960. The van der Waals surface area contributed by atoms with Crippen LogP contribution in [0.5, 0.6) is 0 Å². The molecule has 0 aliphatic carbocycles. The van der Waals surface area contributed by atoms with Crippen LogP contribution in [0.25, 0.3) is 0 Å². The number of nitrogens with zero attached hydrogens (tertiary/aromatic N) is 4. The van der Waals surface area contributed by atoms with Gasteiger partial charge in [0.25, 0.3) is 0 Å². The number of hydrogen-bond acceptors (Lipinski definition) is 8. The molecule has 28 heavy (non-hydrogen) atoms. The molecule has 1 heterocycles. The van der Waals surface area contributed by atoms with E-state index in [2.05, 4.69) is 10.5 Å². The van der Waals surface area contributed by atoms with Crippen molar-refractivity contribution in [3.63, 3.8) is 0 Å². The number of nitrogens with one attached hydrogen (secondary N) is 2. The van der Waals surface area contributed by atoms with Crippen LogP contribution in [-0.2, 0) is 14.8 Å². The number of amides is 1. The van der Waals surface area contributed by atoms with Gasteiger partial charge in [0.05, 0.1) is 17.2 Å². The first kappa shape index (κ1) is 21.1. The van der Waals surface area contributed by atoms with Crippen LogP contribution in [0.3, 0.4) is 0 Å². The number of rotatable bonds is 6. The Morgan fingerprint density at radius 2 is 1.93 bits per heavy atom. The molecule has 4 N–H and O–H groups in total. The maximum absolute atomic E-state index is 12.8. The Kier molecular flexibility index (Phi) is 6.91. The third-order valence-corrected chi connectivity index (χ3v) is 5.83. The highest BCUT2D eigenvalue weighted by Gasteiger charge is 2.30. The third kappa shape index (κ3) is 4.96. The number of carbonyl (C=O) groups excluding carboxylic acids is 1. The van der Waals surface area contributed by atoms with Gasteiger partial charge in [-0.05, 0) is 31.2 Å². The van der Waals surface area contributed by atoms with Crippen molar-refractivity contribution in [1.82, 2.24) is 9.21 Å². The molecule has 1 saturated heterocycles. The molecule has 12 heteroatoms. The summed E-state index contributed by atoms with van der Waals surface area (Å²) >= 11 is 0. The van der Waals surface area contributed by atoms with Crippen molar-refractivity contribution < 1.29 is 17.9 Å². The van der Waals surface area contributed by atoms with Crippen molar-refractivity contribution in [1.29, 1.82) is 10.7 Å². The van der Waals surface area contributed by atoms with Crippen LogP contribution in [0.1, 0.15) is 6.92 Å². The molecule has 1 fully saturated rings. The van der Waals surface area contributed by atoms with E-state index < -0.39 is 22.0 Å². The summed E-state index contributed by atoms with van der Waals surface area (Å²) in [6.45, 7) is 2.85. The van der Waals surface area contributed by atoms with Gasteiger partial charge in [-0.15, -0.1) is 0 Å². The Balaban J connectivity index is 2.04. The summed E-state index contributed by atoms with van der Waals surface area (Å²) in [7, 11) is -3.71. The number of benzene rings is 1. The molecule has 1 aliphatic heterocycles. The molecule has 0 atom stereocenters. The van der Waals surface area contributed by atoms with Crippen LogP contribution in [-0.4, -0.2) is 68.0 Å². The summed E-state index contributed by atoms with van der Waals surface area (Å²) < 4.78 is 31.8. The van der Waals surface area contributed by atoms with E-state index in [0.717, 1.165) is 0 Å². The van der Waals surface area contributed by atoms with Crippen LogP contribution in [0, 0.1) is 16.7 Å². The maximum atomic E-state index is 12.8. The maximum Gasteiger partial charge on any atom is 0.409 e. The smallest absolute Gasteiger partial charge is 0.409 e. The van der Waals surface area contributed by atoms with E-state index in [1.807, 2.05) is 0 Å². The second kappa shape index (κ2) is 9.16. The van der Waals surface area contributed by atoms with E-state index in [0.29, 0.717) is 5.69 Å². The SMILES string of the molecule is CCOC(=O)N1CCN(S(=O)(=O)c2ccc(N/N=C(\C#N)C(=N)N)cc2)CC1. The number of hydrazone groups is 1. The second-order valence-electron chi connectivity index (χ2n) is 5.71. The molecule has 150 valence electrons. The van der Waals surface area contributed by atoms with Gasteiger partial charge in [-0.2, -0.15) is 14.7 Å². The number of nitriles is 1. The monoisotopic (exact) mass is 407 g/mol. The first-order chi connectivity index (χ1) is 13.3. The van der Waals surface area contributed by atoms with E-state index in [1.165, 1.54) is 33.5 Å². The van der Waals surface area contributed by atoms with Gasteiger partial charge in [0.15, 0.2) is 5.84 Å². The molecular weight excluding hydrogens is 386 g/mol. The molecule has 0 radical (unpaired) electrons. The highest BCUT2D eigenvalue weighted by Crippen LogP contribution is 2.20. The molecule has 11 nitrogen and oxygen atoms in total. The number of piperazine rings is 1. The van der Waals surface area contributed by atoms with E-state index in [-0.39, 0.29) is 43.4 Å². The van der Waals surface area contributed by atoms with Gasteiger partial charge >= 0.3 is 6.09 Å². The lowest BCUT2D eigenvalue weighted by Crippen LogP contribution is -2.50. The molecule has 1 aromatic carbocycles. The average Bonchev–Trinajstić information content (AvgIpc) is 2.69. The molecule has 1 aromatic rings.